The summed E-state index contributed by atoms with van der Waals surface area (Å²) in [4.78, 5) is 19.3. The summed E-state index contributed by atoms with van der Waals surface area (Å²) in [5.41, 5.74) is 0.598. The molecule has 4 rings (SSSR count). The van der Waals surface area contributed by atoms with Crippen LogP contribution in [0.15, 0.2) is 36.5 Å². The molecule has 2 amide bonds. The molecule has 3 heterocycles. The molecule has 2 bridgehead atoms. The van der Waals surface area contributed by atoms with Crippen LogP contribution >= 0.6 is 0 Å². The van der Waals surface area contributed by atoms with Gasteiger partial charge >= 0.3 is 6.03 Å². The zero-order valence-corrected chi connectivity index (χ0v) is 17.5. The number of rotatable bonds is 6. The topological polar surface area (TPSA) is 82.2 Å². The quantitative estimate of drug-likeness (QED) is 0.777. The number of anilines is 1. The van der Waals surface area contributed by atoms with Gasteiger partial charge in [-0.25, -0.2) is 9.78 Å². The summed E-state index contributed by atoms with van der Waals surface area (Å²) < 4.78 is 22.2. The molecule has 1 aromatic heterocycles. The molecule has 2 saturated heterocycles. The van der Waals surface area contributed by atoms with E-state index in [0.29, 0.717) is 28.8 Å². The monoisotopic (exact) mass is 413 g/mol. The summed E-state index contributed by atoms with van der Waals surface area (Å²) >= 11 is 0. The number of hydrogen-bond donors (Lipinski definition) is 1. The lowest BCUT2D eigenvalue weighted by atomic mass is 10.00. The molecule has 0 radical (unpaired) electrons. The molecule has 2 atom stereocenters. The minimum absolute atomic E-state index is 0.0719. The van der Waals surface area contributed by atoms with Crippen molar-refractivity contribution in [1.82, 2.24) is 9.88 Å². The van der Waals surface area contributed by atoms with E-state index in [4.69, 9.17) is 18.9 Å². The van der Waals surface area contributed by atoms with Gasteiger partial charge < -0.3 is 29.2 Å². The first kappa shape index (κ1) is 20.1. The van der Waals surface area contributed by atoms with E-state index in [-0.39, 0.29) is 24.2 Å². The van der Waals surface area contributed by atoms with E-state index < -0.39 is 0 Å². The zero-order valence-electron chi connectivity index (χ0n) is 17.5. The van der Waals surface area contributed by atoms with Gasteiger partial charge in [-0.1, -0.05) is 6.07 Å². The van der Waals surface area contributed by atoms with E-state index in [9.17, 15) is 4.79 Å². The van der Waals surface area contributed by atoms with Crippen LogP contribution in [0.25, 0.3) is 0 Å². The van der Waals surface area contributed by atoms with Crippen molar-refractivity contribution in [3.05, 3.63) is 36.5 Å². The number of carbonyl (C=O) groups excluding carboxylic acids is 1. The van der Waals surface area contributed by atoms with Gasteiger partial charge in [0.05, 0.1) is 27.0 Å². The normalized spacial score (nSPS) is 22.4. The van der Waals surface area contributed by atoms with E-state index >= 15 is 0 Å². The number of aromatic nitrogens is 1. The van der Waals surface area contributed by atoms with Crippen molar-refractivity contribution in [1.29, 1.82) is 0 Å². The fourth-order valence-electron chi connectivity index (χ4n) is 4.48. The van der Waals surface area contributed by atoms with Crippen LogP contribution in [0.5, 0.6) is 23.1 Å². The van der Waals surface area contributed by atoms with Crippen LogP contribution in [0.2, 0.25) is 0 Å². The van der Waals surface area contributed by atoms with Gasteiger partial charge in [-0.05, 0) is 18.9 Å². The second-order valence-electron chi connectivity index (χ2n) is 7.52. The number of ether oxygens (including phenoxy) is 4. The lowest BCUT2D eigenvalue weighted by Gasteiger charge is -2.38. The molecule has 30 heavy (non-hydrogen) atoms. The Morgan fingerprint density at radius 3 is 2.23 bits per heavy atom. The number of hydrogen-bond acceptors (Lipinski definition) is 6. The molecular formula is C22H27N3O5. The summed E-state index contributed by atoms with van der Waals surface area (Å²) in [5, 5.41) is 3.00. The van der Waals surface area contributed by atoms with Crippen LogP contribution in [-0.4, -0.2) is 55.4 Å². The highest BCUT2D eigenvalue weighted by Crippen LogP contribution is 2.41. The van der Waals surface area contributed by atoms with Crippen molar-refractivity contribution >= 4 is 11.7 Å². The molecule has 2 unspecified atom stereocenters. The summed E-state index contributed by atoms with van der Waals surface area (Å²) in [6, 6.07) is 9.30. The first-order valence-electron chi connectivity index (χ1n) is 10.1. The number of nitrogens with one attached hydrogen (secondary N) is 1. The summed E-state index contributed by atoms with van der Waals surface area (Å²) in [5.74, 6) is 2.12. The summed E-state index contributed by atoms with van der Waals surface area (Å²) in [6.45, 7) is 0. The van der Waals surface area contributed by atoms with Gasteiger partial charge in [0.2, 0.25) is 11.6 Å². The number of benzene rings is 1. The van der Waals surface area contributed by atoms with E-state index in [0.717, 1.165) is 25.7 Å². The standard InChI is InChI=1S/C22H27N3O5/c1-27-18-10-14(11-19(28-2)21(18)29-3)24-22(26)25-15-7-8-16(25)13-17(12-15)30-20-6-4-5-9-23-20/h4-6,9-11,15-17H,7-8,12-13H2,1-3H3,(H,24,26). The third kappa shape index (κ3) is 3.94. The lowest BCUT2D eigenvalue weighted by molar-refractivity contribution is 0.0704. The maximum absolute atomic E-state index is 13.1. The van der Waals surface area contributed by atoms with Crippen LogP contribution in [-0.2, 0) is 0 Å². The number of carbonyl (C=O) groups is 1. The Kier molecular flexibility index (Phi) is 5.83. The fourth-order valence-corrected chi connectivity index (χ4v) is 4.48. The van der Waals surface area contributed by atoms with E-state index in [1.165, 1.54) is 0 Å². The van der Waals surface area contributed by atoms with Crippen molar-refractivity contribution in [3.63, 3.8) is 0 Å². The van der Waals surface area contributed by atoms with Gasteiger partial charge in [0, 0.05) is 49.3 Å². The molecular weight excluding hydrogens is 386 g/mol. The van der Waals surface area contributed by atoms with Crippen LogP contribution in [0.4, 0.5) is 10.5 Å². The van der Waals surface area contributed by atoms with Gasteiger partial charge in [-0.3, -0.25) is 0 Å². The highest BCUT2D eigenvalue weighted by Gasteiger charge is 2.44. The van der Waals surface area contributed by atoms with Crippen LogP contribution in [0.3, 0.4) is 0 Å². The maximum Gasteiger partial charge on any atom is 0.322 e. The van der Waals surface area contributed by atoms with Gasteiger partial charge in [0.1, 0.15) is 6.10 Å². The number of pyridine rings is 1. The van der Waals surface area contributed by atoms with Crippen LogP contribution in [0.1, 0.15) is 25.7 Å². The molecule has 8 heteroatoms. The molecule has 2 aliphatic heterocycles. The first-order valence-corrected chi connectivity index (χ1v) is 10.1. The summed E-state index contributed by atoms with van der Waals surface area (Å²) in [6.07, 6.45) is 5.36. The highest BCUT2D eigenvalue weighted by molar-refractivity contribution is 5.91. The molecule has 1 aromatic carbocycles. The van der Waals surface area contributed by atoms with Crippen molar-refractivity contribution in [2.75, 3.05) is 26.6 Å². The van der Waals surface area contributed by atoms with E-state index in [1.54, 1.807) is 39.7 Å². The van der Waals surface area contributed by atoms with E-state index in [1.807, 2.05) is 23.1 Å². The number of nitrogens with zero attached hydrogens (tertiary/aromatic N) is 2. The maximum atomic E-state index is 13.1. The van der Waals surface area contributed by atoms with Gasteiger partial charge in [0.15, 0.2) is 11.5 Å². The second kappa shape index (κ2) is 8.69. The van der Waals surface area contributed by atoms with Crippen molar-refractivity contribution in [2.45, 2.75) is 43.9 Å². The first-order chi connectivity index (χ1) is 14.6. The van der Waals surface area contributed by atoms with Gasteiger partial charge in [-0.15, -0.1) is 0 Å². The molecule has 0 aliphatic carbocycles. The predicted molar refractivity (Wildman–Crippen MR) is 112 cm³/mol. The summed E-state index contributed by atoms with van der Waals surface area (Å²) in [7, 11) is 4.65. The zero-order chi connectivity index (χ0) is 21.1. The smallest absolute Gasteiger partial charge is 0.322 e. The number of methoxy groups -OCH3 is 3. The van der Waals surface area contributed by atoms with Crippen molar-refractivity contribution in [2.24, 2.45) is 0 Å². The number of piperidine rings is 1. The number of urea groups is 1. The van der Waals surface area contributed by atoms with Crippen LogP contribution in [0, 0.1) is 0 Å². The Hall–Kier alpha value is -3.16. The third-order valence-corrected chi connectivity index (χ3v) is 5.77. The Labute approximate surface area is 176 Å². The Morgan fingerprint density at radius 2 is 1.70 bits per heavy atom. The number of fused-ring (bicyclic) bond motifs is 2. The minimum Gasteiger partial charge on any atom is -0.493 e. The van der Waals surface area contributed by atoms with Crippen LogP contribution < -0.4 is 24.3 Å². The molecule has 2 aromatic rings. The van der Waals surface area contributed by atoms with Gasteiger partial charge in [-0.2, -0.15) is 0 Å². The second-order valence-corrected chi connectivity index (χ2v) is 7.52. The third-order valence-electron chi connectivity index (χ3n) is 5.77. The Morgan fingerprint density at radius 1 is 1.03 bits per heavy atom. The molecule has 2 fully saturated rings. The number of amides is 2. The lowest BCUT2D eigenvalue weighted by Crippen LogP contribution is -2.50. The minimum atomic E-state index is -0.118. The molecule has 0 spiro atoms. The molecule has 1 N–H and O–H groups in total. The van der Waals surface area contributed by atoms with Crippen molar-refractivity contribution < 1.29 is 23.7 Å². The molecule has 160 valence electrons. The average molecular weight is 413 g/mol. The molecule has 8 nitrogen and oxygen atoms in total. The Balaban J connectivity index is 1.45. The van der Waals surface area contributed by atoms with Crippen molar-refractivity contribution in [3.8, 4) is 23.1 Å². The average Bonchev–Trinajstić information content (AvgIpc) is 3.04. The largest absolute Gasteiger partial charge is 0.493 e. The SMILES string of the molecule is COc1cc(NC(=O)N2C3CCC2CC(Oc2ccccn2)C3)cc(OC)c1OC. The van der Waals surface area contributed by atoms with Gasteiger partial charge in [0.25, 0.3) is 0 Å². The fraction of sp³-hybridized carbons (Fsp3) is 0.455. The highest BCUT2D eigenvalue weighted by atomic mass is 16.5. The Bertz CT molecular complexity index is 853. The van der Waals surface area contributed by atoms with E-state index in [2.05, 4.69) is 10.3 Å². The predicted octanol–water partition coefficient (Wildman–Crippen LogP) is 3.71. The molecule has 0 saturated carbocycles. The molecule has 2 aliphatic rings.